The van der Waals surface area contributed by atoms with Crippen LogP contribution in [0.1, 0.15) is 59.9 Å². The maximum Gasteiger partial charge on any atom is 0.240 e. The summed E-state index contributed by atoms with van der Waals surface area (Å²) in [5, 5.41) is 3.46. The van der Waals surface area contributed by atoms with E-state index in [0.717, 1.165) is 24.0 Å². The van der Waals surface area contributed by atoms with Gasteiger partial charge in [-0.15, -0.1) is 0 Å². The first-order valence-electron chi connectivity index (χ1n) is 12.5. The Bertz CT molecular complexity index is 1090. The molecule has 1 amide bonds. The molecule has 7 heteroatoms. The van der Waals surface area contributed by atoms with E-state index in [1.807, 2.05) is 42.2 Å². The van der Waals surface area contributed by atoms with E-state index < -0.39 is 5.72 Å². The second-order valence-electron chi connectivity index (χ2n) is 11.1. The number of hydrogen-bond donors (Lipinski definition) is 2. The number of halogens is 1. The molecule has 1 saturated heterocycles. The van der Waals surface area contributed by atoms with Crippen LogP contribution < -0.4 is 10.8 Å². The smallest absolute Gasteiger partial charge is 0.240 e. The summed E-state index contributed by atoms with van der Waals surface area (Å²) >= 11 is 0. The van der Waals surface area contributed by atoms with E-state index >= 15 is 0 Å². The van der Waals surface area contributed by atoms with E-state index in [0.29, 0.717) is 17.9 Å². The number of carbonyl (C=O) groups excluding carboxylic acids is 1. The van der Waals surface area contributed by atoms with Crippen LogP contribution in [0.25, 0.3) is 11.1 Å². The third kappa shape index (κ3) is 5.26. The van der Waals surface area contributed by atoms with Gasteiger partial charge in [-0.1, -0.05) is 77.1 Å². The Morgan fingerprint density at radius 3 is 2.51 bits per heavy atom. The van der Waals surface area contributed by atoms with Gasteiger partial charge in [-0.25, -0.2) is 19.7 Å². The lowest BCUT2D eigenvalue weighted by Crippen LogP contribution is -2.57. The van der Waals surface area contributed by atoms with Crippen molar-refractivity contribution in [3.05, 3.63) is 59.9 Å². The molecule has 35 heavy (non-hydrogen) atoms. The zero-order valence-corrected chi connectivity index (χ0v) is 21.6. The van der Waals surface area contributed by atoms with Crippen molar-refractivity contribution in [2.24, 2.45) is 10.4 Å². The summed E-state index contributed by atoms with van der Waals surface area (Å²) in [6.45, 7) is 13.0. The number of likely N-dealkylation sites (tertiary alicyclic amines) is 1. The van der Waals surface area contributed by atoms with Crippen molar-refractivity contribution >= 4 is 11.7 Å². The molecule has 2 aromatic carbocycles. The second-order valence-corrected chi connectivity index (χ2v) is 11.1. The molecular weight excluding hydrogens is 443 g/mol. The summed E-state index contributed by atoms with van der Waals surface area (Å²) in [6, 6.07) is 14.1. The number of benzene rings is 2. The molecule has 0 radical (unpaired) electrons. The fraction of sp³-hybridized carbons (Fsp3) is 0.500. The van der Waals surface area contributed by atoms with Crippen LogP contribution in [0.3, 0.4) is 0 Å². The largest absolute Gasteiger partial charge is 0.331 e. The highest BCUT2D eigenvalue weighted by Crippen LogP contribution is 2.34. The van der Waals surface area contributed by atoms with Crippen molar-refractivity contribution in [1.82, 2.24) is 15.7 Å². The first kappa shape index (κ1) is 25.3. The lowest BCUT2D eigenvalue weighted by atomic mass is 9.85. The summed E-state index contributed by atoms with van der Waals surface area (Å²) in [6.07, 6.45) is 1.76. The molecular formula is C28H37FN4O2. The molecule has 3 atom stereocenters. The van der Waals surface area contributed by atoms with Gasteiger partial charge in [-0.3, -0.25) is 4.79 Å². The standard InChI is InChI=1S/C28H37FN4O2/c1-18(2)30-24(27(3,4)5)26(34)33-17-9-12-23(33)25-31-28(6,35-32-25)20-15-13-19(14-16-20)21-10-7-8-11-22(21)29/h7-8,10-11,13-16,18,23-24,30H,9,12,17H2,1-6H3,(H,31,32). The van der Waals surface area contributed by atoms with E-state index in [4.69, 9.17) is 9.83 Å². The number of amidine groups is 1. The normalized spacial score (nSPS) is 23.4. The molecule has 6 nitrogen and oxygen atoms in total. The molecule has 4 rings (SSSR count). The van der Waals surface area contributed by atoms with Gasteiger partial charge in [-0.05, 0) is 36.8 Å². The first-order valence-corrected chi connectivity index (χ1v) is 12.5. The van der Waals surface area contributed by atoms with Crippen LogP contribution in [0.2, 0.25) is 0 Å². The van der Waals surface area contributed by atoms with Gasteiger partial charge < -0.3 is 10.2 Å². The lowest BCUT2D eigenvalue weighted by Gasteiger charge is -2.36. The number of nitrogens with one attached hydrogen (secondary N) is 2. The third-order valence-electron chi connectivity index (χ3n) is 6.76. The van der Waals surface area contributed by atoms with Gasteiger partial charge in [0, 0.05) is 23.7 Å². The minimum Gasteiger partial charge on any atom is -0.331 e. The molecule has 2 N–H and O–H groups in total. The van der Waals surface area contributed by atoms with E-state index in [-0.39, 0.29) is 35.3 Å². The number of nitrogens with zero attached hydrogens (tertiary/aromatic N) is 2. The summed E-state index contributed by atoms with van der Waals surface area (Å²) in [5.41, 5.74) is 4.08. The molecule has 2 aliphatic rings. The van der Waals surface area contributed by atoms with Crippen molar-refractivity contribution in [2.75, 3.05) is 6.54 Å². The molecule has 188 valence electrons. The minimum absolute atomic E-state index is 0.0982. The van der Waals surface area contributed by atoms with Gasteiger partial charge in [0.05, 0.1) is 12.1 Å². The van der Waals surface area contributed by atoms with Crippen LogP contribution >= 0.6 is 0 Å². The Morgan fingerprint density at radius 2 is 1.89 bits per heavy atom. The fourth-order valence-corrected chi connectivity index (χ4v) is 4.85. The van der Waals surface area contributed by atoms with E-state index in [2.05, 4.69) is 45.4 Å². The summed E-state index contributed by atoms with van der Waals surface area (Å²) in [5.74, 6) is 0.520. The Balaban J connectivity index is 1.55. The molecule has 2 aromatic rings. The van der Waals surface area contributed by atoms with Crippen LogP contribution in [0.4, 0.5) is 4.39 Å². The van der Waals surface area contributed by atoms with Gasteiger partial charge in [-0.2, -0.15) is 0 Å². The molecule has 0 spiro atoms. The predicted octanol–water partition coefficient (Wildman–Crippen LogP) is 5.00. The monoisotopic (exact) mass is 480 g/mol. The Labute approximate surface area is 207 Å². The number of amides is 1. The van der Waals surface area contributed by atoms with Gasteiger partial charge in [0.2, 0.25) is 11.6 Å². The minimum atomic E-state index is -0.931. The molecule has 2 heterocycles. The van der Waals surface area contributed by atoms with Crippen LogP contribution in [-0.2, 0) is 15.4 Å². The van der Waals surface area contributed by atoms with Crippen LogP contribution in [-0.4, -0.2) is 41.3 Å². The van der Waals surface area contributed by atoms with E-state index in [9.17, 15) is 9.18 Å². The molecule has 1 fully saturated rings. The van der Waals surface area contributed by atoms with Gasteiger partial charge in [0.15, 0.2) is 0 Å². The highest BCUT2D eigenvalue weighted by atomic mass is 19.1. The summed E-state index contributed by atoms with van der Waals surface area (Å²) in [7, 11) is 0. The highest BCUT2D eigenvalue weighted by Gasteiger charge is 2.44. The van der Waals surface area contributed by atoms with Crippen LogP contribution in [0.15, 0.2) is 53.5 Å². The SMILES string of the molecule is CC(C)NC(C(=O)N1CCCC1C1=NC(C)(c2ccc(-c3ccccc3F)cc2)ON1)C(C)(C)C. The van der Waals surface area contributed by atoms with E-state index in [1.54, 1.807) is 12.1 Å². The Hall–Kier alpha value is -2.77. The number of carbonyl (C=O) groups is 1. The maximum absolute atomic E-state index is 14.2. The van der Waals surface area contributed by atoms with Crippen molar-refractivity contribution < 1.29 is 14.0 Å². The van der Waals surface area contributed by atoms with Gasteiger partial charge in [0.1, 0.15) is 11.7 Å². The number of aliphatic imine (C=N–C) groups is 1. The zero-order valence-electron chi connectivity index (χ0n) is 21.6. The fourth-order valence-electron chi connectivity index (χ4n) is 4.85. The highest BCUT2D eigenvalue weighted by molar-refractivity contribution is 5.94. The molecule has 2 aliphatic heterocycles. The van der Waals surface area contributed by atoms with Gasteiger partial charge >= 0.3 is 0 Å². The van der Waals surface area contributed by atoms with Crippen LogP contribution in [0.5, 0.6) is 0 Å². The Morgan fingerprint density at radius 1 is 1.20 bits per heavy atom. The van der Waals surface area contributed by atoms with Crippen LogP contribution in [0, 0.1) is 11.2 Å². The number of rotatable bonds is 6. The zero-order chi connectivity index (χ0) is 25.4. The van der Waals surface area contributed by atoms with Crippen molar-refractivity contribution in [1.29, 1.82) is 0 Å². The number of hydrogen-bond acceptors (Lipinski definition) is 5. The van der Waals surface area contributed by atoms with Crippen molar-refractivity contribution in [2.45, 2.75) is 78.2 Å². The number of hydroxylamine groups is 1. The Kier molecular flexibility index (Phi) is 7.02. The summed E-state index contributed by atoms with van der Waals surface area (Å²) < 4.78 is 14.2. The third-order valence-corrected chi connectivity index (χ3v) is 6.76. The topological polar surface area (TPSA) is 66.0 Å². The molecule has 0 aliphatic carbocycles. The van der Waals surface area contributed by atoms with Gasteiger partial charge in [0.25, 0.3) is 0 Å². The second kappa shape index (κ2) is 9.70. The lowest BCUT2D eigenvalue weighted by molar-refractivity contribution is -0.136. The van der Waals surface area contributed by atoms with Crippen molar-refractivity contribution in [3.8, 4) is 11.1 Å². The quantitative estimate of drug-likeness (QED) is 0.611. The molecule has 0 saturated carbocycles. The molecule has 0 bridgehead atoms. The average Bonchev–Trinajstić information content (AvgIpc) is 3.44. The van der Waals surface area contributed by atoms with Crippen molar-refractivity contribution in [3.63, 3.8) is 0 Å². The molecule has 3 unspecified atom stereocenters. The van der Waals surface area contributed by atoms with E-state index in [1.165, 1.54) is 6.07 Å². The first-order chi connectivity index (χ1) is 16.5. The average molecular weight is 481 g/mol. The maximum atomic E-state index is 14.2. The summed E-state index contributed by atoms with van der Waals surface area (Å²) in [4.78, 5) is 26.4. The predicted molar refractivity (Wildman–Crippen MR) is 137 cm³/mol. The molecule has 0 aromatic heterocycles.